The predicted molar refractivity (Wildman–Crippen MR) is 118 cm³/mol. The van der Waals surface area contributed by atoms with E-state index in [1.807, 2.05) is 13.8 Å². The van der Waals surface area contributed by atoms with Crippen LogP contribution in [0, 0.1) is 17.2 Å². The fourth-order valence-corrected chi connectivity index (χ4v) is 3.87. The lowest BCUT2D eigenvalue weighted by atomic mass is 9.89. The molecule has 1 N–H and O–H groups in total. The van der Waals surface area contributed by atoms with Crippen LogP contribution in [0.1, 0.15) is 37.0 Å². The standard InChI is InChI=1S/C24H23F3N4O4/c1-15(2)11-20(32)29-35-14-23(17-7-5-4-6-8-17)21(33)31(22(34)30(23)3)18-10-9-16(13-28)19(12-18)24(25,26)27/h4-10,12,15H,11,14H2,1-3H3,(H,29,32)/t23-/m1/s1. The summed E-state index contributed by atoms with van der Waals surface area (Å²) < 4.78 is 40.5. The first-order chi connectivity index (χ1) is 16.4. The van der Waals surface area contributed by atoms with E-state index in [9.17, 15) is 27.6 Å². The third kappa shape index (κ3) is 4.83. The number of benzene rings is 2. The Morgan fingerprint density at radius 1 is 1.17 bits per heavy atom. The molecule has 1 fully saturated rings. The van der Waals surface area contributed by atoms with Crippen molar-refractivity contribution in [2.24, 2.45) is 5.92 Å². The number of rotatable bonds is 7. The molecular formula is C24H23F3N4O4. The molecule has 0 aliphatic carbocycles. The van der Waals surface area contributed by atoms with Gasteiger partial charge in [0.25, 0.3) is 5.91 Å². The monoisotopic (exact) mass is 488 g/mol. The van der Waals surface area contributed by atoms with Gasteiger partial charge in [-0.2, -0.15) is 18.4 Å². The zero-order valence-electron chi connectivity index (χ0n) is 19.2. The summed E-state index contributed by atoms with van der Waals surface area (Å²) in [6, 6.07) is 11.3. The minimum atomic E-state index is -4.88. The van der Waals surface area contributed by atoms with E-state index in [2.05, 4.69) is 5.48 Å². The van der Waals surface area contributed by atoms with Crippen LogP contribution in [0.15, 0.2) is 48.5 Å². The van der Waals surface area contributed by atoms with Crippen LogP contribution in [-0.2, 0) is 26.1 Å². The third-order valence-corrected chi connectivity index (χ3v) is 5.61. The highest BCUT2D eigenvalue weighted by atomic mass is 19.4. The number of amides is 4. The molecule has 1 aliphatic rings. The summed E-state index contributed by atoms with van der Waals surface area (Å²) in [5.74, 6) is -1.25. The molecule has 4 amide bonds. The highest BCUT2D eigenvalue weighted by Gasteiger charge is 2.58. The van der Waals surface area contributed by atoms with Crippen molar-refractivity contribution >= 4 is 23.5 Å². The minimum absolute atomic E-state index is 0.0498. The Balaban J connectivity index is 2.04. The first-order valence-electron chi connectivity index (χ1n) is 10.6. The Morgan fingerprint density at radius 2 is 1.83 bits per heavy atom. The van der Waals surface area contributed by atoms with Crippen LogP contribution in [0.2, 0.25) is 0 Å². The fourth-order valence-electron chi connectivity index (χ4n) is 3.87. The number of imide groups is 1. The number of nitriles is 1. The largest absolute Gasteiger partial charge is 0.417 e. The Hall–Kier alpha value is -3.91. The maximum absolute atomic E-state index is 13.7. The Morgan fingerprint density at radius 3 is 2.40 bits per heavy atom. The van der Waals surface area contributed by atoms with Crippen molar-refractivity contribution < 1.29 is 32.4 Å². The minimum Gasteiger partial charge on any atom is -0.306 e. The Bertz CT molecular complexity index is 1180. The van der Waals surface area contributed by atoms with E-state index in [1.54, 1.807) is 30.3 Å². The van der Waals surface area contributed by atoms with Gasteiger partial charge in [-0.15, -0.1) is 0 Å². The molecule has 0 aromatic heterocycles. The molecule has 1 heterocycles. The molecule has 11 heteroatoms. The maximum Gasteiger partial charge on any atom is 0.417 e. The molecule has 184 valence electrons. The molecule has 1 saturated heterocycles. The van der Waals surface area contributed by atoms with Gasteiger partial charge in [-0.1, -0.05) is 44.2 Å². The molecule has 1 atom stereocenters. The van der Waals surface area contributed by atoms with Crippen LogP contribution in [0.4, 0.5) is 23.7 Å². The molecule has 1 aliphatic heterocycles. The Labute approximate surface area is 199 Å². The molecule has 3 rings (SSSR count). The highest BCUT2D eigenvalue weighted by molar-refractivity contribution is 6.23. The molecule has 8 nitrogen and oxygen atoms in total. The van der Waals surface area contributed by atoms with Crippen molar-refractivity contribution in [3.8, 4) is 6.07 Å². The quantitative estimate of drug-likeness (QED) is 0.469. The van der Waals surface area contributed by atoms with Gasteiger partial charge in [0, 0.05) is 13.5 Å². The zero-order chi connectivity index (χ0) is 26.0. The summed E-state index contributed by atoms with van der Waals surface area (Å²) in [6.45, 7) is 3.19. The first kappa shape index (κ1) is 25.7. The van der Waals surface area contributed by atoms with E-state index in [4.69, 9.17) is 10.1 Å². The van der Waals surface area contributed by atoms with E-state index in [0.29, 0.717) is 16.5 Å². The number of nitrogens with one attached hydrogen (secondary N) is 1. The van der Waals surface area contributed by atoms with Gasteiger partial charge in [0.15, 0.2) is 5.54 Å². The SMILES string of the molecule is CC(C)CC(=O)NOC[C@@]1(c2ccccc2)C(=O)N(c2ccc(C#N)c(C(F)(F)F)c2)C(=O)N1C. The van der Waals surface area contributed by atoms with Crippen LogP contribution in [0.25, 0.3) is 0 Å². The molecular weight excluding hydrogens is 465 g/mol. The van der Waals surface area contributed by atoms with Crippen LogP contribution >= 0.6 is 0 Å². The first-order valence-corrected chi connectivity index (χ1v) is 10.6. The van der Waals surface area contributed by atoms with Crippen LogP contribution in [0.5, 0.6) is 0 Å². The number of carbonyl (C=O) groups is 3. The number of hydrogen-bond acceptors (Lipinski definition) is 5. The fraction of sp³-hybridized carbons (Fsp3) is 0.333. The summed E-state index contributed by atoms with van der Waals surface area (Å²) in [5, 5.41) is 9.06. The van der Waals surface area contributed by atoms with Crippen molar-refractivity contribution in [1.82, 2.24) is 10.4 Å². The van der Waals surface area contributed by atoms with Gasteiger partial charge in [0.2, 0.25) is 5.91 Å². The lowest BCUT2D eigenvalue weighted by Gasteiger charge is -2.32. The predicted octanol–water partition coefficient (Wildman–Crippen LogP) is 3.96. The normalized spacial score (nSPS) is 18.2. The molecule has 0 spiro atoms. The van der Waals surface area contributed by atoms with E-state index >= 15 is 0 Å². The van der Waals surface area contributed by atoms with Crippen molar-refractivity contribution in [2.75, 3.05) is 18.6 Å². The summed E-state index contributed by atoms with van der Waals surface area (Å²) in [5.41, 5.74) is -1.43. The number of alkyl halides is 3. The second-order valence-corrected chi connectivity index (χ2v) is 8.46. The number of anilines is 1. The van der Waals surface area contributed by atoms with Gasteiger partial charge in [0.05, 0.1) is 22.9 Å². The summed E-state index contributed by atoms with van der Waals surface area (Å²) >= 11 is 0. The van der Waals surface area contributed by atoms with Gasteiger partial charge in [0.1, 0.15) is 6.61 Å². The van der Waals surface area contributed by atoms with Gasteiger partial charge in [-0.25, -0.2) is 15.2 Å². The molecule has 2 aromatic rings. The molecule has 0 saturated carbocycles. The van der Waals surface area contributed by atoms with Gasteiger partial charge in [-0.3, -0.25) is 14.4 Å². The average Bonchev–Trinajstić information content (AvgIpc) is 2.99. The van der Waals surface area contributed by atoms with Gasteiger partial charge >= 0.3 is 12.2 Å². The average molecular weight is 488 g/mol. The lowest BCUT2D eigenvalue weighted by Crippen LogP contribution is -2.50. The number of carbonyl (C=O) groups excluding carboxylic acids is 3. The van der Waals surface area contributed by atoms with Gasteiger partial charge < -0.3 is 4.90 Å². The van der Waals surface area contributed by atoms with E-state index in [0.717, 1.165) is 17.0 Å². The maximum atomic E-state index is 13.7. The highest BCUT2D eigenvalue weighted by Crippen LogP contribution is 2.41. The van der Waals surface area contributed by atoms with Crippen LogP contribution < -0.4 is 10.4 Å². The number of likely N-dealkylation sites (N-methyl/N-ethyl adjacent to an activating group) is 1. The zero-order valence-corrected chi connectivity index (χ0v) is 19.2. The third-order valence-electron chi connectivity index (χ3n) is 5.61. The molecule has 2 aromatic carbocycles. The van der Waals surface area contributed by atoms with Crippen LogP contribution in [-0.4, -0.2) is 36.4 Å². The lowest BCUT2D eigenvalue weighted by molar-refractivity contribution is -0.142. The topological polar surface area (TPSA) is 103 Å². The summed E-state index contributed by atoms with van der Waals surface area (Å²) in [7, 11) is 1.32. The van der Waals surface area contributed by atoms with Crippen molar-refractivity contribution in [3.63, 3.8) is 0 Å². The summed E-state index contributed by atoms with van der Waals surface area (Å²) in [4.78, 5) is 46.0. The summed E-state index contributed by atoms with van der Waals surface area (Å²) in [6.07, 6.45) is -4.71. The number of halogens is 3. The molecule has 0 unspecified atom stereocenters. The van der Waals surface area contributed by atoms with E-state index < -0.39 is 47.3 Å². The molecule has 0 radical (unpaired) electrons. The van der Waals surface area contributed by atoms with Gasteiger partial charge in [-0.05, 0) is 29.7 Å². The second-order valence-electron chi connectivity index (χ2n) is 8.46. The van der Waals surface area contributed by atoms with E-state index in [1.165, 1.54) is 13.1 Å². The number of hydrogen-bond donors (Lipinski definition) is 1. The molecule has 0 bridgehead atoms. The smallest absolute Gasteiger partial charge is 0.306 e. The Kier molecular flexibility index (Phi) is 7.17. The van der Waals surface area contributed by atoms with Crippen molar-refractivity contribution in [3.05, 3.63) is 65.2 Å². The molecule has 35 heavy (non-hydrogen) atoms. The second kappa shape index (κ2) is 9.76. The van der Waals surface area contributed by atoms with E-state index in [-0.39, 0.29) is 18.0 Å². The van der Waals surface area contributed by atoms with Crippen molar-refractivity contribution in [2.45, 2.75) is 32.0 Å². The number of urea groups is 1. The number of hydroxylamine groups is 1. The van der Waals surface area contributed by atoms with Crippen LogP contribution in [0.3, 0.4) is 0 Å². The number of nitrogens with zero attached hydrogens (tertiary/aromatic N) is 3. The van der Waals surface area contributed by atoms with Crippen molar-refractivity contribution in [1.29, 1.82) is 5.26 Å².